The van der Waals surface area contributed by atoms with Crippen LogP contribution in [-0.4, -0.2) is 40.0 Å². The summed E-state index contributed by atoms with van der Waals surface area (Å²) in [7, 11) is 0. The predicted molar refractivity (Wildman–Crippen MR) is 80.0 cm³/mol. The summed E-state index contributed by atoms with van der Waals surface area (Å²) in [4.78, 5) is 0. The van der Waals surface area contributed by atoms with Crippen molar-refractivity contribution in [1.82, 2.24) is 14.9 Å². The molecule has 0 saturated heterocycles. The van der Waals surface area contributed by atoms with E-state index in [4.69, 9.17) is 4.74 Å². The lowest BCUT2D eigenvalue weighted by Crippen LogP contribution is -2.35. The van der Waals surface area contributed by atoms with Crippen molar-refractivity contribution >= 4 is 11.5 Å². The van der Waals surface area contributed by atoms with E-state index in [1.165, 1.54) is 11.5 Å². The third-order valence-electron chi connectivity index (χ3n) is 2.72. The van der Waals surface area contributed by atoms with Gasteiger partial charge in [-0.05, 0) is 23.7 Å². The molecule has 1 aromatic heterocycles. The summed E-state index contributed by atoms with van der Waals surface area (Å²) in [5.41, 5.74) is 1.69. The molecule has 5 nitrogen and oxygen atoms in total. The minimum Gasteiger partial charge on any atom is -0.490 e. The Balaban J connectivity index is 1.96. The predicted octanol–water partition coefficient (Wildman–Crippen LogP) is 1.94. The highest BCUT2D eigenvalue weighted by Gasteiger charge is 2.11. The fourth-order valence-corrected chi connectivity index (χ4v) is 2.16. The van der Waals surface area contributed by atoms with E-state index in [-0.39, 0.29) is 6.61 Å². The zero-order valence-electron chi connectivity index (χ0n) is 11.6. The van der Waals surface area contributed by atoms with Gasteiger partial charge in [0, 0.05) is 23.5 Å². The highest BCUT2D eigenvalue weighted by molar-refractivity contribution is 7.03. The van der Waals surface area contributed by atoms with Gasteiger partial charge in [0.15, 0.2) is 0 Å². The van der Waals surface area contributed by atoms with Crippen molar-refractivity contribution < 1.29 is 9.84 Å². The second-order valence-corrected chi connectivity index (χ2v) is 5.42. The van der Waals surface area contributed by atoms with E-state index in [2.05, 4.69) is 14.9 Å². The number of hydrogen-bond donors (Lipinski definition) is 2. The Kier molecular flexibility index (Phi) is 5.46. The topological polar surface area (TPSA) is 67.3 Å². The first kappa shape index (κ1) is 14.9. The van der Waals surface area contributed by atoms with E-state index >= 15 is 0 Å². The first-order valence-corrected chi connectivity index (χ1v) is 7.41. The maximum absolute atomic E-state index is 9.87. The Labute approximate surface area is 122 Å². The fraction of sp³-hybridized carbons (Fsp3) is 0.429. The lowest BCUT2D eigenvalue weighted by molar-refractivity contribution is 0.105. The SMILES string of the molecule is CC(C)NCC(O)COc1ccccc1-c1csnn1. The molecule has 0 aliphatic carbocycles. The number of aliphatic hydroxyl groups excluding tert-OH is 1. The van der Waals surface area contributed by atoms with Gasteiger partial charge in [-0.2, -0.15) is 0 Å². The average Bonchev–Trinajstić information content (AvgIpc) is 2.97. The molecule has 0 saturated carbocycles. The van der Waals surface area contributed by atoms with E-state index in [0.717, 1.165) is 11.3 Å². The first-order chi connectivity index (χ1) is 9.66. The van der Waals surface area contributed by atoms with Gasteiger partial charge >= 0.3 is 0 Å². The lowest BCUT2D eigenvalue weighted by atomic mass is 10.1. The highest BCUT2D eigenvalue weighted by Crippen LogP contribution is 2.28. The van der Waals surface area contributed by atoms with Crippen LogP contribution in [0.25, 0.3) is 11.3 Å². The van der Waals surface area contributed by atoms with Crippen LogP contribution in [0.3, 0.4) is 0 Å². The Morgan fingerprint density at radius 1 is 1.35 bits per heavy atom. The van der Waals surface area contributed by atoms with Crippen molar-refractivity contribution in [2.75, 3.05) is 13.2 Å². The molecule has 0 aliphatic rings. The van der Waals surface area contributed by atoms with Gasteiger partial charge in [0.25, 0.3) is 0 Å². The van der Waals surface area contributed by atoms with Gasteiger partial charge in [-0.25, -0.2) is 0 Å². The minimum absolute atomic E-state index is 0.244. The molecule has 6 heteroatoms. The van der Waals surface area contributed by atoms with Crippen LogP contribution in [0.1, 0.15) is 13.8 Å². The van der Waals surface area contributed by atoms with Crippen molar-refractivity contribution in [3.63, 3.8) is 0 Å². The second-order valence-electron chi connectivity index (χ2n) is 4.81. The molecule has 1 aromatic carbocycles. The number of nitrogens with zero attached hydrogens (tertiary/aromatic N) is 2. The first-order valence-electron chi connectivity index (χ1n) is 6.57. The van der Waals surface area contributed by atoms with Crippen LogP contribution in [0.15, 0.2) is 29.6 Å². The molecule has 1 unspecified atom stereocenters. The van der Waals surface area contributed by atoms with Crippen molar-refractivity contribution in [1.29, 1.82) is 0 Å². The maximum Gasteiger partial charge on any atom is 0.128 e. The molecule has 0 bridgehead atoms. The second kappa shape index (κ2) is 7.33. The third kappa shape index (κ3) is 4.26. The van der Waals surface area contributed by atoms with Crippen LogP contribution in [0.4, 0.5) is 0 Å². The van der Waals surface area contributed by atoms with Gasteiger partial charge in [-0.15, -0.1) is 5.10 Å². The van der Waals surface area contributed by atoms with Gasteiger partial charge in [0.2, 0.25) is 0 Å². The average molecular weight is 293 g/mol. The van der Waals surface area contributed by atoms with Gasteiger partial charge in [-0.3, -0.25) is 0 Å². The van der Waals surface area contributed by atoms with Crippen molar-refractivity contribution in [2.24, 2.45) is 0 Å². The van der Waals surface area contributed by atoms with E-state index in [9.17, 15) is 5.11 Å². The number of nitrogens with one attached hydrogen (secondary N) is 1. The summed E-state index contributed by atoms with van der Waals surface area (Å²) in [5, 5.41) is 19.0. The van der Waals surface area contributed by atoms with Gasteiger partial charge in [-0.1, -0.05) is 30.5 Å². The normalized spacial score (nSPS) is 12.6. The largest absolute Gasteiger partial charge is 0.490 e. The van der Waals surface area contributed by atoms with E-state index in [0.29, 0.717) is 18.3 Å². The summed E-state index contributed by atoms with van der Waals surface area (Å²) >= 11 is 1.30. The van der Waals surface area contributed by atoms with E-state index in [1.807, 2.05) is 43.5 Å². The molecule has 108 valence electrons. The number of benzene rings is 1. The monoisotopic (exact) mass is 293 g/mol. The summed E-state index contributed by atoms with van der Waals surface area (Å²) in [6, 6.07) is 7.98. The number of para-hydroxylation sites is 1. The number of ether oxygens (including phenoxy) is 1. The van der Waals surface area contributed by atoms with Crippen LogP contribution in [0.2, 0.25) is 0 Å². The van der Waals surface area contributed by atoms with Crippen LogP contribution < -0.4 is 10.1 Å². The maximum atomic E-state index is 9.87. The summed E-state index contributed by atoms with van der Waals surface area (Å²) in [5.74, 6) is 0.712. The molecule has 2 N–H and O–H groups in total. The quantitative estimate of drug-likeness (QED) is 0.816. The number of rotatable bonds is 7. The van der Waals surface area contributed by atoms with Gasteiger partial charge < -0.3 is 15.2 Å². The van der Waals surface area contributed by atoms with Gasteiger partial charge in [0.1, 0.15) is 24.2 Å². The Hall–Kier alpha value is -1.50. The molecular formula is C14H19N3O2S. The molecule has 0 spiro atoms. The summed E-state index contributed by atoms with van der Waals surface area (Å²) < 4.78 is 9.56. The Morgan fingerprint density at radius 3 is 2.85 bits per heavy atom. The molecule has 0 fully saturated rings. The number of aliphatic hydroxyl groups is 1. The van der Waals surface area contributed by atoms with Crippen molar-refractivity contribution in [3.8, 4) is 17.0 Å². The highest BCUT2D eigenvalue weighted by atomic mass is 32.1. The zero-order chi connectivity index (χ0) is 14.4. The molecule has 0 radical (unpaired) electrons. The standard InChI is InChI=1S/C14H19N3O2S/c1-10(2)15-7-11(18)8-19-14-6-4-3-5-12(14)13-9-20-17-16-13/h3-6,9-11,15,18H,7-8H2,1-2H3. The molecular weight excluding hydrogens is 274 g/mol. The smallest absolute Gasteiger partial charge is 0.128 e. The molecule has 20 heavy (non-hydrogen) atoms. The van der Waals surface area contributed by atoms with Crippen molar-refractivity contribution in [2.45, 2.75) is 26.0 Å². The molecule has 1 heterocycles. The van der Waals surface area contributed by atoms with E-state index in [1.54, 1.807) is 0 Å². The zero-order valence-corrected chi connectivity index (χ0v) is 12.4. The molecule has 0 amide bonds. The number of hydrogen-bond acceptors (Lipinski definition) is 6. The fourth-order valence-electron chi connectivity index (χ4n) is 1.70. The van der Waals surface area contributed by atoms with Crippen molar-refractivity contribution in [3.05, 3.63) is 29.6 Å². The van der Waals surface area contributed by atoms with Crippen LogP contribution in [0.5, 0.6) is 5.75 Å². The summed E-state index contributed by atoms with van der Waals surface area (Å²) in [6.45, 7) is 4.84. The van der Waals surface area contributed by atoms with Gasteiger partial charge in [0.05, 0.1) is 0 Å². The van der Waals surface area contributed by atoms with Crippen LogP contribution in [-0.2, 0) is 0 Å². The molecule has 2 aromatic rings. The molecule has 0 aliphatic heterocycles. The Bertz CT molecular complexity index is 517. The molecule has 2 rings (SSSR count). The number of aromatic nitrogens is 2. The lowest BCUT2D eigenvalue weighted by Gasteiger charge is -2.16. The summed E-state index contributed by atoms with van der Waals surface area (Å²) in [6.07, 6.45) is -0.543. The molecule has 1 atom stereocenters. The van der Waals surface area contributed by atoms with Crippen LogP contribution >= 0.6 is 11.5 Å². The Morgan fingerprint density at radius 2 is 2.15 bits per heavy atom. The van der Waals surface area contributed by atoms with Crippen LogP contribution in [0, 0.1) is 0 Å². The minimum atomic E-state index is -0.543. The third-order valence-corrected chi connectivity index (χ3v) is 3.22. The van der Waals surface area contributed by atoms with E-state index < -0.39 is 6.10 Å².